The third-order valence-corrected chi connectivity index (χ3v) is 2.69. The standard InChI is InChI=1S/C10H15NO2S/c1-7(2)14-10-8(6-12)4-5-9(11-10)13-3/h4-5,7,12H,6H2,1-3H3. The van der Waals surface area contributed by atoms with Crippen molar-refractivity contribution in [3.8, 4) is 5.88 Å². The Kier molecular flexibility index (Phi) is 4.22. The Labute approximate surface area is 88.5 Å². The number of pyridine rings is 1. The van der Waals surface area contributed by atoms with Crippen LogP contribution >= 0.6 is 11.8 Å². The summed E-state index contributed by atoms with van der Waals surface area (Å²) in [5, 5.41) is 10.4. The Morgan fingerprint density at radius 1 is 1.50 bits per heavy atom. The number of ether oxygens (including phenoxy) is 1. The smallest absolute Gasteiger partial charge is 0.214 e. The first-order valence-corrected chi connectivity index (χ1v) is 5.36. The van der Waals surface area contributed by atoms with Crippen molar-refractivity contribution in [2.45, 2.75) is 30.7 Å². The van der Waals surface area contributed by atoms with E-state index in [-0.39, 0.29) is 6.61 Å². The number of hydrogen-bond acceptors (Lipinski definition) is 4. The second-order valence-electron chi connectivity index (χ2n) is 3.14. The summed E-state index contributed by atoms with van der Waals surface area (Å²) in [6.07, 6.45) is 0. The second-order valence-corrected chi connectivity index (χ2v) is 4.71. The molecule has 1 aromatic heterocycles. The van der Waals surface area contributed by atoms with Crippen molar-refractivity contribution in [2.75, 3.05) is 7.11 Å². The van der Waals surface area contributed by atoms with Crippen molar-refractivity contribution < 1.29 is 9.84 Å². The molecule has 0 unspecified atom stereocenters. The molecule has 0 fully saturated rings. The number of thioether (sulfide) groups is 1. The third kappa shape index (κ3) is 2.89. The SMILES string of the molecule is COc1ccc(CO)c(SC(C)C)n1. The molecule has 0 aliphatic rings. The van der Waals surface area contributed by atoms with Crippen LogP contribution in [0.25, 0.3) is 0 Å². The van der Waals surface area contributed by atoms with Crippen LogP contribution in [0.15, 0.2) is 17.2 Å². The van der Waals surface area contributed by atoms with Gasteiger partial charge >= 0.3 is 0 Å². The molecule has 14 heavy (non-hydrogen) atoms. The van der Waals surface area contributed by atoms with Gasteiger partial charge in [-0.05, 0) is 6.07 Å². The normalized spacial score (nSPS) is 10.6. The van der Waals surface area contributed by atoms with Gasteiger partial charge in [0.15, 0.2) is 0 Å². The molecular weight excluding hydrogens is 198 g/mol. The summed E-state index contributed by atoms with van der Waals surface area (Å²) >= 11 is 1.63. The Hall–Kier alpha value is -0.740. The van der Waals surface area contributed by atoms with Crippen LogP contribution in [0.1, 0.15) is 19.4 Å². The van der Waals surface area contributed by atoms with Gasteiger partial charge in [-0.1, -0.05) is 13.8 Å². The molecule has 0 aromatic carbocycles. The topological polar surface area (TPSA) is 42.4 Å². The first kappa shape index (κ1) is 11.3. The average Bonchev–Trinajstić information content (AvgIpc) is 2.16. The molecule has 1 heterocycles. The second kappa shape index (κ2) is 5.22. The Morgan fingerprint density at radius 3 is 2.71 bits per heavy atom. The van der Waals surface area contributed by atoms with Gasteiger partial charge in [0.1, 0.15) is 5.03 Å². The van der Waals surface area contributed by atoms with Gasteiger partial charge in [-0.25, -0.2) is 4.98 Å². The number of aliphatic hydroxyl groups excluding tert-OH is 1. The monoisotopic (exact) mass is 213 g/mol. The number of rotatable bonds is 4. The number of nitrogens with zero attached hydrogens (tertiary/aromatic N) is 1. The lowest BCUT2D eigenvalue weighted by Crippen LogP contribution is -1.97. The van der Waals surface area contributed by atoms with Crippen LogP contribution in [0, 0.1) is 0 Å². The molecule has 0 aliphatic heterocycles. The van der Waals surface area contributed by atoms with Crippen molar-refractivity contribution in [3.05, 3.63) is 17.7 Å². The molecule has 0 radical (unpaired) electrons. The van der Waals surface area contributed by atoms with Crippen LogP contribution in [0.4, 0.5) is 0 Å². The van der Waals surface area contributed by atoms with Crippen LogP contribution in [0.2, 0.25) is 0 Å². The fourth-order valence-corrected chi connectivity index (χ4v) is 1.88. The summed E-state index contributed by atoms with van der Waals surface area (Å²) in [6.45, 7) is 4.20. The van der Waals surface area contributed by atoms with Gasteiger partial charge in [-0.15, -0.1) is 11.8 Å². The lowest BCUT2D eigenvalue weighted by molar-refractivity contribution is 0.277. The number of aliphatic hydroxyl groups is 1. The fourth-order valence-electron chi connectivity index (χ4n) is 1.01. The highest BCUT2D eigenvalue weighted by Gasteiger charge is 2.07. The van der Waals surface area contributed by atoms with Crippen molar-refractivity contribution >= 4 is 11.8 Å². The molecule has 1 aromatic rings. The van der Waals surface area contributed by atoms with Gasteiger partial charge < -0.3 is 9.84 Å². The van der Waals surface area contributed by atoms with Crippen LogP contribution in [0.3, 0.4) is 0 Å². The van der Waals surface area contributed by atoms with Gasteiger partial charge in [-0.2, -0.15) is 0 Å². The van der Waals surface area contributed by atoms with E-state index in [0.29, 0.717) is 11.1 Å². The molecule has 0 amide bonds. The van der Waals surface area contributed by atoms with Crippen LogP contribution in [-0.4, -0.2) is 22.5 Å². The minimum Gasteiger partial charge on any atom is -0.481 e. The van der Waals surface area contributed by atoms with Crippen LogP contribution in [0.5, 0.6) is 5.88 Å². The molecular formula is C10H15NO2S. The summed E-state index contributed by atoms with van der Waals surface area (Å²) in [5.74, 6) is 0.588. The Bertz CT molecular complexity index is 302. The summed E-state index contributed by atoms with van der Waals surface area (Å²) < 4.78 is 5.03. The van der Waals surface area contributed by atoms with Gasteiger partial charge in [0.2, 0.25) is 5.88 Å². The van der Waals surface area contributed by atoms with Crippen molar-refractivity contribution in [2.24, 2.45) is 0 Å². The molecule has 0 bridgehead atoms. The largest absolute Gasteiger partial charge is 0.481 e. The highest BCUT2D eigenvalue weighted by Crippen LogP contribution is 2.26. The number of aromatic nitrogens is 1. The van der Waals surface area contributed by atoms with Crippen molar-refractivity contribution in [3.63, 3.8) is 0 Å². The van der Waals surface area contributed by atoms with Crippen LogP contribution < -0.4 is 4.74 Å². The molecule has 1 N–H and O–H groups in total. The van der Waals surface area contributed by atoms with Crippen molar-refractivity contribution in [1.82, 2.24) is 4.98 Å². The predicted molar refractivity (Wildman–Crippen MR) is 57.7 cm³/mol. The molecule has 0 atom stereocenters. The van der Waals surface area contributed by atoms with E-state index in [9.17, 15) is 0 Å². The van der Waals surface area contributed by atoms with E-state index in [1.165, 1.54) is 0 Å². The summed E-state index contributed by atoms with van der Waals surface area (Å²) in [6, 6.07) is 3.60. The van der Waals surface area contributed by atoms with E-state index in [0.717, 1.165) is 10.6 Å². The maximum absolute atomic E-state index is 9.10. The molecule has 0 aliphatic carbocycles. The van der Waals surface area contributed by atoms with Crippen molar-refractivity contribution in [1.29, 1.82) is 0 Å². The van der Waals surface area contributed by atoms with Gasteiger partial charge in [0.05, 0.1) is 13.7 Å². The molecule has 1 rings (SSSR count). The highest BCUT2D eigenvalue weighted by atomic mass is 32.2. The Balaban J connectivity index is 2.96. The Morgan fingerprint density at radius 2 is 2.21 bits per heavy atom. The first-order chi connectivity index (χ1) is 6.67. The molecule has 78 valence electrons. The molecule has 3 nitrogen and oxygen atoms in total. The van der Waals surface area contributed by atoms with Gasteiger partial charge in [0.25, 0.3) is 0 Å². The van der Waals surface area contributed by atoms with E-state index < -0.39 is 0 Å². The van der Waals surface area contributed by atoms with E-state index in [1.54, 1.807) is 24.9 Å². The maximum Gasteiger partial charge on any atom is 0.214 e. The number of methoxy groups -OCH3 is 1. The zero-order valence-corrected chi connectivity index (χ0v) is 9.47. The molecule has 4 heteroatoms. The highest BCUT2D eigenvalue weighted by molar-refractivity contribution is 7.99. The van der Waals surface area contributed by atoms with E-state index >= 15 is 0 Å². The number of hydrogen-bond donors (Lipinski definition) is 1. The molecule has 0 saturated heterocycles. The van der Waals surface area contributed by atoms with E-state index in [4.69, 9.17) is 9.84 Å². The lowest BCUT2D eigenvalue weighted by Gasteiger charge is -2.09. The fraction of sp³-hybridized carbons (Fsp3) is 0.500. The van der Waals surface area contributed by atoms with E-state index in [2.05, 4.69) is 18.8 Å². The van der Waals surface area contributed by atoms with Crippen LogP contribution in [-0.2, 0) is 6.61 Å². The summed E-state index contributed by atoms with van der Waals surface area (Å²) in [7, 11) is 1.59. The zero-order chi connectivity index (χ0) is 10.6. The summed E-state index contributed by atoms with van der Waals surface area (Å²) in [5.41, 5.74) is 0.851. The minimum absolute atomic E-state index is 0.0199. The molecule has 0 saturated carbocycles. The maximum atomic E-state index is 9.10. The van der Waals surface area contributed by atoms with Gasteiger partial charge in [0, 0.05) is 16.9 Å². The molecule has 0 spiro atoms. The third-order valence-electron chi connectivity index (χ3n) is 1.64. The lowest BCUT2D eigenvalue weighted by atomic mass is 10.3. The van der Waals surface area contributed by atoms with E-state index in [1.807, 2.05) is 6.07 Å². The quantitative estimate of drug-likeness (QED) is 0.778. The average molecular weight is 213 g/mol. The summed E-state index contributed by atoms with van der Waals surface area (Å²) in [4.78, 5) is 4.28. The predicted octanol–water partition coefficient (Wildman–Crippen LogP) is 2.08. The minimum atomic E-state index is 0.0199. The van der Waals surface area contributed by atoms with Gasteiger partial charge in [-0.3, -0.25) is 0 Å². The zero-order valence-electron chi connectivity index (χ0n) is 8.65. The first-order valence-electron chi connectivity index (χ1n) is 4.48.